The predicted octanol–water partition coefficient (Wildman–Crippen LogP) is 3.48. The molecule has 1 aliphatic carbocycles. The molecule has 2 N–H and O–H groups in total. The molecule has 4 rings (SSSR count). The molecule has 3 aromatic rings. The zero-order valence-corrected chi connectivity index (χ0v) is 16.9. The zero-order valence-electron chi connectivity index (χ0n) is 16.9. The fraction of sp³-hybridized carbons (Fsp3) is 0.286. The van der Waals surface area contributed by atoms with E-state index in [0.717, 1.165) is 28.7 Å². The number of nitrogens with one attached hydrogen (secondary N) is 2. The molecule has 1 aliphatic rings. The van der Waals surface area contributed by atoms with E-state index in [-0.39, 0.29) is 12.1 Å². The molecule has 156 valence electrons. The minimum Gasteiger partial charge on any atom is -0.493 e. The van der Waals surface area contributed by atoms with Crippen LogP contribution >= 0.6 is 0 Å². The molecule has 2 amide bonds. The number of methoxy groups -OCH3 is 3. The van der Waals surface area contributed by atoms with E-state index in [9.17, 15) is 9.59 Å². The van der Waals surface area contributed by atoms with Crippen LogP contribution in [0.4, 0.5) is 15.3 Å². The molecular formula is C21H22N4O5. The fourth-order valence-corrected chi connectivity index (χ4v) is 3.79. The largest absolute Gasteiger partial charge is 0.493 e. The summed E-state index contributed by atoms with van der Waals surface area (Å²) < 4.78 is 16.6. The highest BCUT2D eigenvalue weighted by Gasteiger charge is 2.26. The number of anilines is 1. The third-order valence-corrected chi connectivity index (χ3v) is 5.24. The maximum absolute atomic E-state index is 12.7. The van der Waals surface area contributed by atoms with Crippen molar-refractivity contribution in [3.05, 3.63) is 47.7 Å². The van der Waals surface area contributed by atoms with E-state index >= 15 is 0 Å². The molecule has 1 unspecified atom stereocenters. The van der Waals surface area contributed by atoms with Gasteiger partial charge in [0.15, 0.2) is 11.5 Å². The first-order valence-corrected chi connectivity index (χ1v) is 9.43. The number of urea groups is 1. The van der Waals surface area contributed by atoms with E-state index in [4.69, 9.17) is 14.2 Å². The summed E-state index contributed by atoms with van der Waals surface area (Å²) in [5, 5.41) is 10.5. The lowest BCUT2D eigenvalue weighted by atomic mass is 10.1. The molecule has 0 saturated carbocycles. The summed E-state index contributed by atoms with van der Waals surface area (Å²) >= 11 is 0. The van der Waals surface area contributed by atoms with Gasteiger partial charge in [0.25, 0.3) is 0 Å². The summed E-state index contributed by atoms with van der Waals surface area (Å²) in [6, 6.07) is 8.60. The molecule has 2 aromatic carbocycles. The molecule has 9 nitrogen and oxygen atoms in total. The molecular weight excluding hydrogens is 388 g/mol. The van der Waals surface area contributed by atoms with Gasteiger partial charge in [0.05, 0.1) is 44.8 Å². The van der Waals surface area contributed by atoms with E-state index in [0.29, 0.717) is 28.1 Å². The Labute approximate surface area is 172 Å². The van der Waals surface area contributed by atoms with Crippen LogP contribution in [0.5, 0.6) is 11.5 Å². The quantitative estimate of drug-likeness (QED) is 0.683. The number of aryl methyl sites for hydroxylation is 1. The maximum Gasteiger partial charge on any atom is 0.434 e. The molecule has 30 heavy (non-hydrogen) atoms. The van der Waals surface area contributed by atoms with Crippen LogP contribution in [0.15, 0.2) is 36.5 Å². The predicted molar refractivity (Wildman–Crippen MR) is 110 cm³/mol. The first-order chi connectivity index (χ1) is 14.5. The van der Waals surface area contributed by atoms with Crippen molar-refractivity contribution in [1.29, 1.82) is 0 Å². The molecule has 0 saturated heterocycles. The van der Waals surface area contributed by atoms with Gasteiger partial charge in [0.1, 0.15) is 0 Å². The van der Waals surface area contributed by atoms with Gasteiger partial charge < -0.3 is 24.8 Å². The molecule has 0 bridgehead atoms. The third-order valence-electron chi connectivity index (χ3n) is 5.24. The van der Waals surface area contributed by atoms with E-state index in [1.807, 2.05) is 12.1 Å². The third kappa shape index (κ3) is 3.38. The first-order valence-electron chi connectivity index (χ1n) is 9.43. The van der Waals surface area contributed by atoms with Crippen LogP contribution in [-0.2, 0) is 11.2 Å². The van der Waals surface area contributed by atoms with E-state index < -0.39 is 6.09 Å². The number of carbonyl (C=O) groups is 2. The van der Waals surface area contributed by atoms with Gasteiger partial charge in [-0.25, -0.2) is 9.59 Å². The Kier molecular flexibility index (Phi) is 5.18. The maximum atomic E-state index is 12.7. The van der Waals surface area contributed by atoms with E-state index in [2.05, 4.69) is 15.7 Å². The van der Waals surface area contributed by atoms with Gasteiger partial charge in [-0.2, -0.15) is 9.78 Å². The Morgan fingerprint density at radius 1 is 1.13 bits per heavy atom. The Morgan fingerprint density at radius 3 is 2.63 bits per heavy atom. The lowest BCUT2D eigenvalue weighted by Crippen LogP contribution is -2.31. The average molecular weight is 410 g/mol. The van der Waals surface area contributed by atoms with E-state index in [1.54, 1.807) is 32.4 Å². The summed E-state index contributed by atoms with van der Waals surface area (Å²) in [4.78, 5) is 24.5. The molecule has 0 aliphatic heterocycles. The number of carbonyl (C=O) groups excluding carboxylic acids is 2. The Bertz CT molecular complexity index is 1120. The lowest BCUT2D eigenvalue weighted by Gasteiger charge is -2.17. The monoisotopic (exact) mass is 410 g/mol. The Morgan fingerprint density at radius 2 is 1.90 bits per heavy atom. The number of hydrogen-bond acceptors (Lipinski definition) is 6. The average Bonchev–Trinajstić information content (AvgIpc) is 3.36. The number of nitrogens with zero attached hydrogens (tertiary/aromatic N) is 2. The van der Waals surface area contributed by atoms with Crippen LogP contribution in [-0.4, -0.2) is 43.2 Å². The van der Waals surface area contributed by atoms with Crippen LogP contribution in [0.3, 0.4) is 0 Å². The molecule has 1 aromatic heterocycles. The summed E-state index contributed by atoms with van der Waals surface area (Å²) in [6.07, 6.45) is 2.54. The highest BCUT2D eigenvalue weighted by molar-refractivity contribution is 6.02. The minimum absolute atomic E-state index is 0.142. The van der Waals surface area contributed by atoms with Gasteiger partial charge in [-0.05, 0) is 48.2 Å². The summed E-state index contributed by atoms with van der Waals surface area (Å²) in [7, 11) is 4.48. The minimum atomic E-state index is -0.599. The zero-order chi connectivity index (χ0) is 21.3. The highest BCUT2D eigenvalue weighted by atomic mass is 16.5. The summed E-state index contributed by atoms with van der Waals surface area (Å²) in [6.45, 7) is 0. The Hall–Kier alpha value is -3.75. The molecule has 1 heterocycles. The summed E-state index contributed by atoms with van der Waals surface area (Å²) in [5.74, 6) is 1.31. The van der Waals surface area contributed by atoms with Gasteiger partial charge in [-0.1, -0.05) is 6.07 Å². The standard InChI is InChI=1S/C21H22N4O5/c1-28-18-9-12-7-8-16(13(12)10-19(18)29-2)24-20(26)23-15-5-4-6-17-14(15)11-22-25(17)21(27)30-3/h4-6,9-11,16H,7-8H2,1-3H3,(H2,23,24,26). The molecule has 0 fully saturated rings. The first kappa shape index (κ1) is 19.6. The van der Waals surface area contributed by atoms with Gasteiger partial charge in [-0.15, -0.1) is 0 Å². The van der Waals surface area contributed by atoms with Crippen molar-refractivity contribution >= 4 is 28.7 Å². The van der Waals surface area contributed by atoms with E-state index in [1.165, 1.54) is 13.3 Å². The second-order valence-electron chi connectivity index (χ2n) is 6.86. The SMILES string of the molecule is COC(=O)n1ncc2c(NC(=O)NC3CCc4cc(OC)c(OC)cc43)cccc21. The number of rotatable bonds is 4. The van der Waals surface area contributed by atoms with Gasteiger partial charge in [0.2, 0.25) is 0 Å². The van der Waals surface area contributed by atoms with Crippen LogP contribution in [0.2, 0.25) is 0 Å². The second kappa shape index (κ2) is 7.94. The number of ether oxygens (including phenoxy) is 3. The van der Waals surface area contributed by atoms with Gasteiger partial charge >= 0.3 is 12.1 Å². The summed E-state index contributed by atoms with van der Waals surface area (Å²) in [5.41, 5.74) is 3.23. The number of aromatic nitrogens is 2. The topological polar surface area (TPSA) is 104 Å². The van der Waals surface area contributed by atoms with Crippen molar-refractivity contribution in [3.63, 3.8) is 0 Å². The second-order valence-corrected chi connectivity index (χ2v) is 6.86. The molecule has 0 spiro atoms. The highest BCUT2D eigenvalue weighted by Crippen LogP contribution is 2.39. The smallest absolute Gasteiger partial charge is 0.434 e. The fourth-order valence-electron chi connectivity index (χ4n) is 3.79. The molecule has 0 radical (unpaired) electrons. The van der Waals surface area contributed by atoms with Crippen molar-refractivity contribution in [3.8, 4) is 11.5 Å². The van der Waals surface area contributed by atoms with Crippen LogP contribution < -0.4 is 20.1 Å². The van der Waals surface area contributed by atoms with Gasteiger partial charge in [0, 0.05) is 5.39 Å². The van der Waals surface area contributed by atoms with Crippen LogP contribution in [0.25, 0.3) is 10.9 Å². The molecule has 1 atom stereocenters. The van der Waals surface area contributed by atoms with Gasteiger partial charge in [-0.3, -0.25) is 0 Å². The van der Waals surface area contributed by atoms with Crippen LogP contribution in [0, 0.1) is 0 Å². The normalized spacial score (nSPS) is 14.8. The van der Waals surface area contributed by atoms with Crippen molar-refractivity contribution in [2.75, 3.05) is 26.6 Å². The number of hydrogen-bond donors (Lipinski definition) is 2. The van der Waals surface area contributed by atoms with Crippen molar-refractivity contribution in [2.24, 2.45) is 0 Å². The van der Waals surface area contributed by atoms with Crippen molar-refractivity contribution in [2.45, 2.75) is 18.9 Å². The molecule has 9 heteroatoms. The lowest BCUT2D eigenvalue weighted by molar-refractivity contribution is 0.170. The number of benzene rings is 2. The van der Waals surface area contributed by atoms with Crippen molar-refractivity contribution < 1.29 is 23.8 Å². The number of fused-ring (bicyclic) bond motifs is 2. The number of amides is 2. The van der Waals surface area contributed by atoms with Crippen LogP contribution in [0.1, 0.15) is 23.6 Å². The van der Waals surface area contributed by atoms with Crippen molar-refractivity contribution in [1.82, 2.24) is 15.1 Å². The Balaban J connectivity index is 1.53.